The first kappa shape index (κ1) is 15.8. The van der Waals surface area contributed by atoms with E-state index in [0.717, 1.165) is 24.5 Å². The van der Waals surface area contributed by atoms with E-state index in [1.54, 1.807) is 0 Å². The number of benzene rings is 1. The quantitative estimate of drug-likeness (QED) is 0.767. The molecule has 22 heavy (non-hydrogen) atoms. The molecule has 0 saturated carbocycles. The van der Waals surface area contributed by atoms with Crippen molar-refractivity contribution >= 4 is 43.2 Å². The Hall–Kier alpha value is 0.340. The average molecular weight is 374 g/mol. The molecule has 0 amide bonds. The third kappa shape index (κ3) is 3.39. The number of rotatable bonds is 5. The maximum atomic E-state index is 10.4. The first-order valence-electron chi connectivity index (χ1n) is 7.58. The van der Waals surface area contributed by atoms with Crippen LogP contribution in [0.2, 0.25) is 0 Å². The van der Waals surface area contributed by atoms with E-state index < -0.39 is 6.10 Å². The maximum Gasteiger partial charge on any atom is 0.130 e. The molecule has 120 valence electrons. The van der Waals surface area contributed by atoms with E-state index >= 15 is 0 Å². The number of fused-ring (bicyclic) bond motifs is 2. The fourth-order valence-electron chi connectivity index (χ4n) is 2.93. The molecule has 3 heterocycles. The van der Waals surface area contributed by atoms with Crippen molar-refractivity contribution in [3.8, 4) is 5.75 Å². The number of hydrogen-bond acceptors (Lipinski definition) is 7. The van der Waals surface area contributed by atoms with Gasteiger partial charge in [0.15, 0.2) is 0 Å². The normalized spacial score (nSPS) is 27.5. The number of hydrogen-bond donors (Lipinski definition) is 2. The van der Waals surface area contributed by atoms with Crippen LogP contribution in [-0.4, -0.2) is 41.4 Å². The summed E-state index contributed by atoms with van der Waals surface area (Å²) in [6, 6.07) is 4.42. The summed E-state index contributed by atoms with van der Waals surface area (Å²) in [5.41, 5.74) is 2.62. The van der Waals surface area contributed by atoms with Gasteiger partial charge in [-0.15, -0.1) is 0 Å². The molecule has 3 aliphatic rings. The van der Waals surface area contributed by atoms with Gasteiger partial charge in [0.05, 0.1) is 0 Å². The van der Waals surface area contributed by atoms with Gasteiger partial charge in [-0.25, -0.2) is 0 Å². The first-order valence-corrected chi connectivity index (χ1v) is 12.3. The summed E-state index contributed by atoms with van der Waals surface area (Å²) in [7, 11) is 7.66. The smallest absolute Gasteiger partial charge is 0.130 e. The van der Waals surface area contributed by atoms with Crippen molar-refractivity contribution in [2.45, 2.75) is 40.9 Å². The highest BCUT2D eigenvalue weighted by atomic mass is 33.1. The molecule has 2 N–H and O–H groups in total. The van der Waals surface area contributed by atoms with E-state index in [1.165, 1.54) is 28.2 Å². The molecule has 0 bridgehead atoms. The highest BCUT2D eigenvalue weighted by molar-refractivity contribution is 8.77. The van der Waals surface area contributed by atoms with Crippen molar-refractivity contribution in [1.29, 1.82) is 0 Å². The molecular formula is C15H19NO2S4. The number of ether oxygens (including phenoxy) is 1. The van der Waals surface area contributed by atoms with Crippen LogP contribution in [0.25, 0.3) is 0 Å². The minimum absolute atomic E-state index is 0.103. The Balaban J connectivity index is 1.30. The summed E-state index contributed by atoms with van der Waals surface area (Å²) in [5.74, 6) is 3.29. The minimum atomic E-state index is -0.441. The Labute approximate surface area is 146 Å². The van der Waals surface area contributed by atoms with Crippen LogP contribution in [0, 0.1) is 0 Å². The predicted molar refractivity (Wildman–Crippen MR) is 99.0 cm³/mol. The lowest BCUT2D eigenvalue weighted by molar-refractivity contribution is 0.0502. The summed E-state index contributed by atoms with van der Waals surface area (Å²) < 4.78 is 6.00. The summed E-state index contributed by atoms with van der Waals surface area (Å²) in [4.78, 5) is 1.37. The molecular weight excluding hydrogens is 354 g/mol. The topological polar surface area (TPSA) is 41.5 Å². The van der Waals surface area contributed by atoms with Crippen LogP contribution in [-0.2, 0) is 12.2 Å². The van der Waals surface area contributed by atoms with Crippen LogP contribution >= 0.6 is 43.2 Å². The van der Waals surface area contributed by atoms with Gasteiger partial charge in [-0.1, -0.05) is 43.2 Å². The molecule has 0 aliphatic carbocycles. The van der Waals surface area contributed by atoms with Crippen molar-refractivity contribution in [1.82, 2.24) is 5.32 Å². The van der Waals surface area contributed by atoms with E-state index in [1.807, 2.05) is 43.2 Å². The molecule has 1 fully saturated rings. The number of aliphatic hydroxyl groups is 1. The van der Waals surface area contributed by atoms with Crippen LogP contribution in [0.4, 0.5) is 0 Å². The molecule has 3 unspecified atom stereocenters. The van der Waals surface area contributed by atoms with Gasteiger partial charge >= 0.3 is 0 Å². The fourth-order valence-corrected chi connectivity index (χ4v) is 8.27. The summed E-state index contributed by atoms with van der Waals surface area (Å²) in [6.07, 6.45) is 1.55. The van der Waals surface area contributed by atoms with Gasteiger partial charge in [0.2, 0.25) is 0 Å². The average Bonchev–Trinajstić information content (AvgIpc) is 3.24. The molecule has 1 aromatic rings. The zero-order valence-corrected chi connectivity index (χ0v) is 15.4. The van der Waals surface area contributed by atoms with Crippen molar-refractivity contribution in [2.75, 3.05) is 18.8 Å². The monoisotopic (exact) mass is 373 g/mol. The number of nitrogens with one attached hydrogen (secondary N) is 1. The third-order valence-electron chi connectivity index (χ3n) is 4.19. The highest BCUT2D eigenvalue weighted by Gasteiger charge is 2.31. The van der Waals surface area contributed by atoms with Gasteiger partial charge in [0.25, 0.3) is 0 Å². The van der Waals surface area contributed by atoms with Gasteiger partial charge in [-0.05, 0) is 29.7 Å². The Kier molecular flexibility index (Phi) is 5.09. The SMILES string of the molecule is OC(CNCC1CCSS1)C1Cc2cc3c(cc2O1)CSS3. The van der Waals surface area contributed by atoms with Crippen LogP contribution in [0.15, 0.2) is 17.0 Å². The Morgan fingerprint density at radius 2 is 2.27 bits per heavy atom. The van der Waals surface area contributed by atoms with Crippen LogP contribution in [0.5, 0.6) is 5.75 Å². The molecule has 1 aromatic carbocycles. The van der Waals surface area contributed by atoms with Crippen LogP contribution in [0.1, 0.15) is 17.5 Å². The lowest BCUT2D eigenvalue weighted by Gasteiger charge is -2.19. The third-order valence-corrected chi connectivity index (χ3v) is 9.48. The summed E-state index contributed by atoms with van der Waals surface area (Å²) >= 11 is 0. The Bertz CT molecular complexity index is 518. The van der Waals surface area contributed by atoms with Crippen molar-refractivity contribution in [3.63, 3.8) is 0 Å². The lowest BCUT2D eigenvalue weighted by atomic mass is 10.0. The Morgan fingerprint density at radius 1 is 1.32 bits per heavy atom. The zero-order valence-electron chi connectivity index (χ0n) is 12.1. The second kappa shape index (κ2) is 7.07. The second-order valence-electron chi connectivity index (χ2n) is 5.83. The number of aliphatic hydroxyl groups excluding tert-OH is 1. The van der Waals surface area contributed by atoms with Crippen molar-refractivity contribution in [2.24, 2.45) is 0 Å². The van der Waals surface area contributed by atoms with Crippen LogP contribution in [0.3, 0.4) is 0 Å². The largest absolute Gasteiger partial charge is 0.487 e. The predicted octanol–water partition coefficient (Wildman–Crippen LogP) is 3.35. The Morgan fingerprint density at radius 3 is 3.14 bits per heavy atom. The van der Waals surface area contributed by atoms with E-state index in [-0.39, 0.29) is 6.10 Å². The molecule has 4 rings (SSSR count). The molecule has 0 spiro atoms. The molecule has 7 heteroatoms. The highest BCUT2D eigenvalue weighted by Crippen LogP contribution is 2.47. The van der Waals surface area contributed by atoms with Gasteiger partial charge in [-0.2, -0.15) is 0 Å². The molecule has 1 saturated heterocycles. The lowest BCUT2D eigenvalue weighted by Crippen LogP contribution is -2.40. The second-order valence-corrected chi connectivity index (χ2v) is 11.0. The van der Waals surface area contributed by atoms with Crippen LogP contribution < -0.4 is 10.1 Å². The maximum absolute atomic E-state index is 10.4. The van der Waals surface area contributed by atoms with E-state index in [2.05, 4.69) is 17.4 Å². The zero-order chi connectivity index (χ0) is 14.9. The van der Waals surface area contributed by atoms with Gasteiger partial charge in [0, 0.05) is 41.2 Å². The minimum Gasteiger partial charge on any atom is -0.487 e. The van der Waals surface area contributed by atoms with Gasteiger partial charge < -0.3 is 15.2 Å². The molecule has 3 aliphatic heterocycles. The van der Waals surface area contributed by atoms with Gasteiger partial charge in [0.1, 0.15) is 18.0 Å². The summed E-state index contributed by atoms with van der Waals surface area (Å²) in [6.45, 7) is 1.60. The van der Waals surface area contributed by atoms with Crippen molar-refractivity contribution in [3.05, 3.63) is 23.3 Å². The van der Waals surface area contributed by atoms with E-state index in [9.17, 15) is 5.11 Å². The standard InChI is InChI=1S/C15H19NO2S4/c17-12(7-16-6-11-1-2-19-21-11)14-3-9-5-15-10(8-20-22-15)4-13(9)18-14/h4-5,11-12,14,16-17H,1-3,6-8H2. The molecule has 0 radical (unpaired) electrons. The van der Waals surface area contributed by atoms with E-state index in [4.69, 9.17) is 4.74 Å². The summed E-state index contributed by atoms with van der Waals surface area (Å²) in [5, 5.41) is 14.5. The molecule has 0 aromatic heterocycles. The van der Waals surface area contributed by atoms with Crippen molar-refractivity contribution < 1.29 is 9.84 Å². The van der Waals surface area contributed by atoms with Gasteiger partial charge in [-0.3, -0.25) is 0 Å². The first-order chi connectivity index (χ1) is 10.8. The molecule has 3 nitrogen and oxygen atoms in total. The fraction of sp³-hybridized carbons (Fsp3) is 0.600. The van der Waals surface area contributed by atoms with E-state index in [0.29, 0.717) is 11.8 Å². The molecule has 3 atom stereocenters.